The van der Waals surface area contributed by atoms with E-state index < -0.39 is 0 Å². The SMILES string of the molecule is Cc1c(Br)sc2[nH]c(=O)n(CC(C)C)c(=O)c12. The van der Waals surface area contributed by atoms with Crippen molar-refractivity contribution in [3.8, 4) is 0 Å². The largest absolute Gasteiger partial charge is 0.329 e. The first kappa shape index (κ1) is 12.6. The predicted octanol–water partition coefficient (Wildman–Crippen LogP) is 2.48. The topological polar surface area (TPSA) is 54.9 Å². The third kappa shape index (κ3) is 2.11. The van der Waals surface area contributed by atoms with Crippen molar-refractivity contribution in [3.05, 3.63) is 30.2 Å². The van der Waals surface area contributed by atoms with Gasteiger partial charge in [0.05, 0.1) is 9.17 Å². The molecule has 2 heterocycles. The van der Waals surface area contributed by atoms with E-state index in [4.69, 9.17) is 0 Å². The van der Waals surface area contributed by atoms with Crippen LogP contribution in [0, 0.1) is 12.8 Å². The lowest BCUT2D eigenvalue weighted by Crippen LogP contribution is -2.36. The maximum atomic E-state index is 12.2. The van der Waals surface area contributed by atoms with Gasteiger partial charge in [-0.15, -0.1) is 11.3 Å². The van der Waals surface area contributed by atoms with Crippen LogP contribution in [0.4, 0.5) is 0 Å². The summed E-state index contributed by atoms with van der Waals surface area (Å²) in [7, 11) is 0. The molecule has 0 fully saturated rings. The number of hydrogen-bond donors (Lipinski definition) is 1. The Morgan fingerprint density at radius 3 is 2.65 bits per heavy atom. The Morgan fingerprint density at radius 2 is 2.06 bits per heavy atom. The van der Waals surface area contributed by atoms with E-state index in [0.29, 0.717) is 16.8 Å². The third-order valence-electron chi connectivity index (χ3n) is 2.56. The molecule has 4 nitrogen and oxygen atoms in total. The Morgan fingerprint density at radius 1 is 1.41 bits per heavy atom. The summed E-state index contributed by atoms with van der Waals surface area (Å²) in [4.78, 5) is 27.5. The van der Waals surface area contributed by atoms with Crippen LogP contribution in [0.15, 0.2) is 13.4 Å². The molecule has 0 spiro atoms. The van der Waals surface area contributed by atoms with Crippen LogP contribution < -0.4 is 11.2 Å². The number of aromatic nitrogens is 2. The van der Waals surface area contributed by atoms with Crippen LogP contribution in [0.1, 0.15) is 19.4 Å². The molecule has 92 valence electrons. The lowest BCUT2D eigenvalue weighted by molar-refractivity contribution is 0.496. The molecule has 0 radical (unpaired) electrons. The first-order chi connectivity index (χ1) is 7.91. The second kappa shape index (κ2) is 4.42. The average molecular weight is 317 g/mol. The second-order valence-electron chi connectivity index (χ2n) is 4.44. The van der Waals surface area contributed by atoms with Crippen molar-refractivity contribution >= 4 is 37.5 Å². The Hall–Kier alpha value is -0.880. The molecular weight excluding hydrogens is 304 g/mol. The number of fused-ring (bicyclic) bond motifs is 1. The van der Waals surface area contributed by atoms with Gasteiger partial charge in [0, 0.05) is 6.54 Å². The van der Waals surface area contributed by atoms with Crippen molar-refractivity contribution in [2.24, 2.45) is 5.92 Å². The monoisotopic (exact) mass is 316 g/mol. The smallest absolute Gasteiger partial charge is 0.298 e. The Kier molecular flexibility index (Phi) is 3.27. The summed E-state index contributed by atoms with van der Waals surface area (Å²) in [6.45, 7) is 6.28. The summed E-state index contributed by atoms with van der Waals surface area (Å²) in [6, 6.07) is 0. The second-order valence-corrected chi connectivity index (χ2v) is 6.78. The Labute approximate surface area is 110 Å². The molecule has 2 rings (SSSR count). The summed E-state index contributed by atoms with van der Waals surface area (Å²) >= 11 is 4.77. The number of hydrogen-bond acceptors (Lipinski definition) is 3. The lowest BCUT2D eigenvalue weighted by atomic mass is 10.2. The normalized spacial score (nSPS) is 11.6. The molecule has 0 aliphatic heterocycles. The van der Waals surface area contributed by atoms with E-state index in [1.165, 1.54) is 15.9 Å². The van der Waals surface area contributed by atoms with Gasteiger partial charge in [-0.1, -0.05) is 13.8 Å². The van der Waals surface area contributed by atoms with Gasteiger partial charge in [0.1, 0.15) is 4.83 Å². The maximum Gasteiger partial charge on any atom is 0.329 e. The van der Waals surface area contributed by atoms with Crippen molar-refractivity contribution in [1.82, 2.24) is 9.55 Å². The van der Waals surface area contributed by atoms with Crippen LogP contribution in [0.2, 0.25) is 0 Å². The highest BCUT2D eigenvalue weighted by atomic mass is 79.9. The van der Waals surface area contributed by atoms with Gasteiger partial charge in [-0.3, -0.25) is 14.3 Å². The minimum absolute atomic E-state index is 0.197. The Bertz CT molecular complexity index is 681. The molecule has 0 atom stereocenters. The van der Waals surface area contributed by atoms with E-state index in [9.17, 15) is 9.59 Å². The van der Waals surface area contributed by atoms with Crippen LogP contribution in [0.5, 0.6) is 0 Å². The number of nitrogens with one attached hydrogen (secondary N) is 1. The molecule has 0 saturated carbocycles. The zero-order valence-corrected chi connectivity index (χ0v) is 12.2. The van der Waals surface area contributed by atoms with E-state index >= 15 is 0 Å². The number of rotatable bonds is 2. The molecular formula is C11H13BrN2O2S. The standard InChI is InChI=1S/C11H13BrN2O2S/c1-5(2)4-14-10(15)7-6(3)8(12)17-9(7)13-11(14)16/h5H,4H2,1-3H3,(H,13,16). The van der Waals surface area contributed by atoms with Crippen molar-refractivity contribution in [3.63, 3.8) is 0 Å². The summed E-state index contributed by atoms with van der Waals surface area (Å²) in [6.07, 6.45) is 0. The average Bonchev–Trinajstić information content (AvgIpc) is 2.49. The van der Waals surface area contributed by atoms with Crippen molar-refractivity contribution in [1.29, 1.82) is 0 Å². The summed E-state index contributed by atoms with van der Waals surface area (Å²) < 4.78 is 2.17. The molecule has 1 N–H and O–H groups in total. The van der Waals surface area contributed by atoms with Crippen LogP contribution in [-0.2, 0) is 6.54 Å². The lowest BCUT2D eigenvalue weighted by Gasteiger charge is -2.07. The Balaban J connectivity index is 2.83. The highest BCUT2D eigenvalue weighted by Crippen LogP contribution is 2.30. The van der Waals surface area contributed by atoms with Crippen molar-refractivity contribution < 1.29 is 0 Å². The van der Waals surface area contributed by atoms with Crippen LogP contribution in [0.25, 0.3) is 10.2 Å². The first-order valence-corrected chi connectivity index (χ1v) is 6.94. The first-order valence-electron chi connectivity index (χ1n) is 5.33. The fourth-order valence-electron chi connectivity index (χ4n) is 1.75. The minimum Gasteiger partial charge on any atom is -0.298 e. The molecule has 0 aromatic carbocycles. The van der Waals surface area contributed by atoms with E-state index in [1.807, 2.05) is 20.8 Å². The molecule has 0 amide bonds. The van der Waals surface area contributed by atoms with Crippen molar-refractivity contribution in [2.75, 3.05) is 0 Å². The maximum absolute atomic E-state index is 12.2. The number of nitrogens with zero attached hydrogens (tertiary/aromatic N) is 1. The molecule has 2 aromatic rings. The molecule has 0 saturated heterocycles. The van der Waals surface area contributed by atoms with Gasteiger partial charge >= 0.3 is 5.69 Å². The van der Waals surface area contributed by atoms with Gasteiger partial charge in [-0.25, -0.2) is 4.79 Å². The van der Waals surface area contributed by atoms with Crippen molar-refractivity contribution in [2.45, 2.75) is 27.3 Å². The van der Waals surface area contributed by atoms with Gasteiger partial charge in [0.25, 0.3) is 5.56 Å². The fraction of sp³-hybridized carbons (Fsp3) is 0.455. The number of aryl methyl sites for hydroxylation is 1. The molecule has 0 bridgehead atoms. The number of H-pyrrole nitrogens is 1. The molecule has 0 aliphatic rings. The molecule has 0 unspecified atom stereocenters. The third-order valence-corrected chi connectivity index (χ3v) is 4.64. The predicted molar refractivity (Wildman–Crippen MR) is 74.0 cm³/mol. The summed E-state index contributed by atoms with van der Waals surface area (Å²) in [5, 5.41) is 0.613. The van der Waals surface area contributed by atoms with E-state index in [0.717, 1.165) is 9.35 Å². The molecule has 0 aliphatic carbocycles. The molecule has 17 heavy (non-hydrogen) atoms. The van der Waals surface area contributed by atoms with Gasteiger partial charge in [-0.05, 0) is 34.3 Å². The van der Waals surface area contributed by atoms with Gasteiger partial charge in [0.15, 0.2) is 0 Å². The number of halogens is 1. The zero-order chi connectivity index (χ0) is 12.7. The molecule has 2 aromatic heterocycles. The van der Waals surface area contributed by atoms with Crippen LogP contribution in [0.3, 0.4) is 0 Å². The van der Waals surface area contributed by atoms with Crippen LogP contribution in [-0.4, -0.2) is 9.55 Å². The van der Waals surface area contributed by atoms with Crippen LogP contribution >= 0.6 is 27.3 Å². The highest BCUT2D eigenvalue weighted by molar-refractivity contribution is 9.11. The number of aromatic amines is 1. The zero-order valence-electron chi connectivity index (χ0n) is 9.83. The minimum atomic E-state index is -0.329. The van der Waals surface area contributed by atoms with Gasteiger partial charge < -0.3 is 0 Å². The summed E-state index contributed by atoms with van der Waals surface area (Å²) in [5.74, 6) is 0.258. The van der Waals surface area contributed by atoms with E-state index in [1.54, 1.807) is 0 Å². The quantitative estimate of drug-likeness (QED) is 0.925. The van der Waals surface area contributed by atoms with Gasteiger partial charge in [-0.2, -0.15) is 0 Å². The fourth-order valence-corrected chi connectivity index (χ4v) is 3.35. The van der Waals surface area contributed by atoms with Gasteiger partial charge in [0.2, 0.25) is 0 Å². The number of thiophene rings is 1. The summed E-state index contributed by atoms with van der Waals surface area (Å²) in [5.41, 5.74) is 0.366. The highest BCUT2D eigenvalue weighted by Gasteiger charge is 2.14. The molecule has 6 heteroatoms. The van der Waals surface area contributed by atoms with E-state index in [-0.39, 0.29) is 17.2 Å². The van der Waals surface area contributed by atoms with E-state index in [2.05, 4.69) is 20.9 Å².